The zero-order chi connectivity index (χ0) is 27.9. The molecule has 3 aromatic carbocycles. The number of anilines is 2. The van der Waals surface area contributed by atoms with E-state index >= 15 is 0 Å². The summed E-state index contributed by atoms with van der Waals surface area (Å²) < 4.78 is 5.94. The number of fused-ring (bicyclic) bond motifs is 1. The van der Waals surface area contributed by atoms with Crippen molar-refractivity contribution in [3.8, 4) is 11.5 Å². The molecule has 0 aromatic heterocycles. The number of phenols is 1. The van der Waals surface area contributed by atoms with Gasteiger partial charge in [-0.25, -0.2) is 0 Å². The number of para-hydroxylation sites is 1. The molecule has 1 aliphatic heterocycles. The van der Waals surface area contributed by atoms with E-state index < -0.39 is 6.04 Å². The number of hydrogen-bond donors (Lipinski definition) is 3. The SMILES string of the molecule is CC.CC.CC1(C)CC(=O)C2=C(C1)Nc1c(O)cccc1NC2c1ccc(OCc2ccccc2)cc1Cl. The second-order valence-electron chi connectivity index (χ2n) is 9.69. The molecule has 0 spiro atoms. The number of carbonyl (C=O) groups excluding carboxylic acids is 1. The summed E-state index contributed by atoms with van der Waals surface area (Å²) in [7, 11) is 0. The van der Waals surface area contributed by atoms with E-state index in [-0.39, 0.29) is 16.9 Å². The molecule has 6 heteroatoms. The lowest BCUT2D eigenvalue weighted by atomic mass is 9.73. The van der Waals surface area contributed by atoms with Crippen molar-refractivity contribution < 1.29 is 14.6 Å². The van der Waals surface area contributed by atoms with Crippen molar-refractivity contribution >= 4 is 28.8 Å². The van der Waals surface area contributed by atoms with Gasteiger partial charge < -0.3 is 20.5 Å². The molecule has 0 bridgehead atoms. The van der Waals surface area contributed by atoms with Gasteiger partial charge in [0, 0.05) is 22.7 Å². The summed E-state index contributed by atoms with van der Waals surface area (Å²) in [5, 5.41) is 17.9. The molecule has 1 atom stereocenters. The van der Waals surface area contributed by atoms with Crippen molar-refractivity contribution in [3.05, 3.63) is 94.1 Å². The first-order valence-electron chi connectivity index (χ1n) is 13.4. The Hall–Kier alpha value is -3.44. The number of aromatic hydroxyl groups is 1. The molecule has 1 aliphatic carbocycles. The van der Waals surface area contributed by atoms with E-state index in [0.29, 0.717) is 47.2 Å². The lowest BCUT2D eigenvalue weighted by Crippen LogP contribution is -2.31. The van der Waals surface area contributed by atoms with Gasteiger partial charge in [0.1, 0.15) is 23.8 Å². The molecule has 0 amide bonds. The lowest BCUT2D eigenvalue weighted by Gasteiger charge is -2.34. The van der Waals surface area contributed by atoms with Crippen molar-refractivity contribution in [2.75, 3.05) is 10.6 Å². The van der Waals surface area contributed by atoms with Crippen LogP contribution in [0.25, 0.3) is 0 Å². The highest BCUT2D eigenvalue weighted by Gasteiger charge is 2.39. The fourth-order valence-electron chi connectivity index (χ4n) is 4.76. The average Bonchev–Trinajstić information content (AvgIpc) is 3.07. The Bertz CT molecular complexity index is 1290. The topological polar surface area (TPSA) is 70.6 Å². The number of allylic oxidation sites excluding steroid dienone is 1. The van der Waals surface area contributed by atoms with Crippen molar-refractivity contribution in [1.29, 1.82) is 0 Å². The van der Waals surface area contributed by atoms with Crippen LogP contribution < -0.4 is 15.4 Å². The van der Waals surface area contributed by atoms with Gasteiger partial charge in [0.15, 0.2) is 5.78 Å². The molecule has 1 heterocycles. The number of rotatable bonds is 4. The molecule has 2 aliphatic rings. The van der Waals surface area contributed by atoms with E-state index in [9.17, 15) is 9.90 Å². The van der Waals surface area contributed by atoms with Crippen LogP contribution in [0, 0.1) is 5.41 Å². The van der Waals surface area contributed by atoms with Crippen molar-refractivity contribution in [2.24, 2.45) is 5.41 Å². The summed E-state index contributed by atoms with van der Waals surface area (Å²) in [4.78, 5) is 13.4. The second-order valence-corrected chi connectivity index (χ2v) is 10.1. The molecule has 38 heavy (non-hydrogen) atoms. The molecule has 0 saturated heterocycles. The maximum Gasteiger partial charge on any atom is 0.163 e. The average molecular weight is 535 g/mol. The van der Waals surface area contributed by atoms with Gasteiger partial charge in [-0.15, -0.1) is 0 Å². The number of carbonyl (C=O) groups is 1. The van der Waals surface area contributed by atoms with Crippen molar-refractivity contribution in [2.45, 2.75) is 67.0 Å². The van der Waals surface area contributed by atoms with E-state index in [1.807, 2.05) is 76.2 Å². The largest absolute Gasteiger partial charge is 0.506 e. The third kappa shape index (κ3) is 6.51. The van der Waals surface area contributed by atoms with Gasteiger partial charge in [0.05, 0.1) is 11.7 Å². The highest BCUT2D eigenvalue weighted by Crippen LogP contribution is 2.48. The van der Waals surface area contributed by atoms with Gasteiger partial charge in [0.25, 0.3) is 0 Å². The molecule has 1 unspecified atom stereocenters. The minimum Gasteiger partial charge on any atom is -0.506 e. The first-order chi connectivity index (χ1) is 18.3. The third-order valence-corrected chi connectivity index (χ3v) is 6.69. The van der Waals surface area contributed by atoms with Crippen molar-refractivity contribution in [3.63, 3.8) is 0 Å². The predicted octanol–water partition coefficient (Wildman–Crippen LogP) is 8.90. The number of halogens is 1. The number of nitrogens with one attached hydrogen (secondary N) is 2. The summed E-state index contributed by atoms with van der Waals surface area (Å²) in [5.74, 6) is 0.862. The molecule has 202 valence electrons. The van der Waals surface area contributed by atoms with Crippen LogP contribution in [-0.4, -0.2) is 10.9 Å². The Kier molecular flexibility index (Phi) is 9.87. The van der Waals surface area contributed by atoms with Crippen LogP contribution in [-0.2, 0) is 11.4 Å². The van der Waals surface area contributed by atoms with Crippen LogP contribution >= 0.6 is 11.6 Å². The van der Waals surface area contributed by atoms with Crippen LogP contribution in [0.2, 0.25) is 5.02 Å². The van der Waals surface area contributed by atoms with E-state index in [1.54, 1.807) is 18.2 Å². The van der Waals surface area contributed by atoms with E-state index in [4.69, 9.17) is 16.3 Å². The molecule has 0 radical (unpaired) electrons. The van der Waals surface area contributed by atoms with E-state index in [2.05, 4.69) is 24.5 Å². The molecular formula is C32H39ClN2O3. The predicted molar refractivity (Wildman–Crippen MR) is 158 cm³/mol. The summed E-state index contributed by atoms with van der Waals surface area (Å²) >= 11 is 6.77. The maximum atomic E-state index is 13.4. The Balaban J connectivity index is 0.000000956. The van der Waals surface area contributed by atoms with Crippen LogP contribution in [0.15, 0.2) is 78.0 Å². The van der Waals surface area contributed by atoms with Crippen LogP contribution in [0.1, 0.15) is 71.6 Å². The molecular weight excluding hydrogens is 496 g/mol. The maximum absolute atomic E-state index is 13.4. The van der Waals surface area contributed by atoms with Gasteiger partial charge >= 0.3 is 0 Å². The van der Waals surface area contributed by atoms with Crippen molar-refractivity contribution in [1.82, 2.24) is 0 Å². The van der Waals surface area contributed by atoms with Gasteiger partial charge in [0.2, 0.25) is 0 Å². The van der Waals surface area contributed by atoms with Gasteiger partial charge in [-0.2, -0.15) is 0 Å². The Labute approximate surface area is 231 Å². The summed E-state index contributed by atoms with van der Waals surface area (Å²) in [6, 6.07) is 20.4. The standard InChI is InChI=1S/C28H27ClN2O3.2C2H6/c1-28(2)14-22-25(24(33)15-28)26(30-21-9-6-10-23(32)27(21)31-22)19-12-11-18(13-20(19)29)34-16-17-7-4-3-5-8-17;2*1-2/h3-13,26,30-32H,14-16H2,1-2H3;2*1-2H3. The van der Waals surface area contributed by atoms with Crippen LogP contribution in [0.4, 0.5) is 11.4 Å². The quantitative estimate of drug-likeness (QED) is 0.291. The Morgan fingerprint density at radius 1 is 0.974 bits per heavy atom. The minimum atomic E-state index is -0.454. The number of phenolic OH excluding ortho intramolecular Hbond substituents is 1. The number of ether oxygens (including phenoxy) is 1. The van der Waals surface area contributed by atoms with Crippen LogP contribution in [0.3, 0.4) is 0 Å². The summed E-state index contributed by atoms with van der Waals surface area (Å²) in [5.41, 5.74) is 4.44. The molecule has 0 saturated carbocycles. The summed E-state index contributed by atoms with van der Waals surface area (Å²) in [6.45, 7) is 12.6. The summed E-state index contributed by atoms with van der Waals surface area (Å²) in [6.07, 6.45) is 1.14. The van der Waals surface area contributed by atoms with Crippen LogP contribution in [0.5, 0.6) is 11.5 Å². The minimum absolute atomic E-state index is 0.0732. The van der Waals surface area contributed by atoms with Gasteiger partial charge in [-0.3, -0.25) is 4.79 Å². The smallest absolute Gasteiger partial charge is 0.163 e. The first kappa shape index (κ1) is 29.1. The highest BCUT2D eigenvalue weighted by atomic mass is 35.5. The second kappa shape index (κ2) is 12.9. The number of hydrogen-bond acceptors (Lipinski definition) is 5. The Morgan fingerprint density at radius 3 is 2.37 bits per heavy atom. The van der Waals surface area contributed by atoms with E-state index in [1.165, 1.54) is 0 Å². The van der Waals surface area contributed by atoms with Gasteiger partial charge in [-0.05, 0) is 47.2 Å². The van der Waals surface area contributed by atoms with Gasteiger partial charge in [-0.1, -0.05) is 95.6 Å². The molecule has 5 rings (SSSR count). The molecule has 0 fully saturated rings. The number of ketones is 1. The fourth-order valence-corrected chi connectivity index (χ4v) is 5.04. The Morgan fingerprint density at radius 2 is 1.68 bits per heavy atom. The zero-order valence-corrected chi connectivity index (χ0v) is 23.9. The number of benzene rings is 3. The van der Waals surface area contributed by atoms with E-state index in [0.717, 1.165) is 16.8 Å². The normalized spacial score (nSPS) is 17.1. The monoisotopic (exact) mass is 534 g/mol. The molecule has 3 aromatic rings. The number of Topliss-reactive ketones (excluding diaryl/α,β-unsaturated/α-hetero) is 1. The molecule has 5 nitrogen and oxygen atoms in total. The zero-order valence-electron chi connectivity index (χ0n) is 23.2. The lowest BCUT2D eigenvalue weighted by molar-refractivity contribution is -0.118. The first-order valence-corrected chi connectivity index (χ1v) is 13.8. The fraction of sp³-hybridized carbons (Fsp3) is 0.344. The molecule has 3 N–H and O–H groups in total. The highest BCUT2D eigenvalue weighted by molar-refractivity contribution is 6.31. The third-order valence-electron chi connectivity index (χ3n) is 6.36.